The number of thioether (sulfide) groups is 1. The number of nitrogens with zero attached hydrogens (tertiary/aromatic N) is 1. The van der Waals surface area contributed by atoms with E-state index in [4.69, 9.17) is 4.18 Å². The molecule has 6 heteroatoms. The van der Waals surface area contributed by atoms with E-state index in [1.54, 1.807) is 18.2 Å². The highest BCUT2D eigenvalue weighted by atomic mass is 32.2. The van der Waals surface area contributed by atoms with Crippen LogP contribution in [0.1, 0.15) is 0 Å². The minimum absolute atomic E-state index is 0.181. The lowest BCUT2D eigenvalue weighted by Gasteiger charge is -2.08. The summed E-state index contributed by atoms with van der Waals surface area (Å²) >= 11 is 1.32. The van der Waals surface area contributed by atoms with Crippen LogP contribution in [0.15, 0.2) is 52.4 Å². The summed E-state index contributed by atoms with van der Waals surface area (Å²) in [7, 11) is -3.82. The third-order valence-corrected chi connectivity index (χ3v) is 4.98. The molecule has 1 aliphatic rings. The van der Waals surface area contributed by atoms with Crippen molar-refractivity contribution in [3.05, 3.63) is 42.5 Å². The van der Waals surface area contributed by atoms with Gasteiger partial charge in [0.05, 0.1) is 6.54 Å². The molecule has 0 amide bonds. The molecule has 2 aromatic rings. The van der Waals surface area contributed by atoms with Crippen LogP contribution in [0.25, 0.3) is 10.8 Å². The monoisotopic (exact) mass is 293 g/mol. The molecule has 0 bridgehead atoms. The summed E-state index contributed by atoms with van der Waals surface area (Å²) in [5, 5.41) is 1.76. The molecule has 0 unspecified atom stereocenters. The Kier molecular flexibility index (Phi) is 3.20. The maximum absolute atomic E-state index is 12.3. The molecule has 4 nitrogen and oxygen atoms in total. The molecule has 0 aromatic heterocycles. The molecule has 2 aromatic carbocycles. The first-order chi connectivity index (χ1) is 9.17. The number of hydrogen-bond acceptors (Lipinski definition) is 5. The van der Waals surface area contributed by atoms with Crippen LogP contribution < -0.4 is 0 Å². The number of aliphatic imine (C=N–C) groups is 1. The Morgan fingerprint density at radius 2 is 1.89 bits per heavy atom. The molecular formula is C13H11NO3S2. The molecule has 0 atom stereocenters. The van der Waals surface area contributed by atoms with Crippen molar-refractivity contribution < 1.29 is 12.6 Å². The molecular weight excluding hydrogens is 282 g/mol. The number of benzene rings is 2. The van der Waals surface area contributed by atoms with Crippen molar-refractivity contribution >= 4 is 37.9 Å². The normalized spacial score (nSPS) is 15.5. The quantitative estimate of drug-likeness (QED) is 0.799. The third kappa shape index (κ3) is 2.46. The Morgan fingerprint density at radius 3 is 2.68 bits per heavy atom. The van der Waals surface area contributed by atoms with E-state index in [0.29, 0.717) is 11.9 Å². The van der Waals surface area contributed by atoms with Crippen molar-refractivity contribution in [3.63, 3.8) is 0 Å². The summed E-state index contributed by atoms with van der Waals surface area (Å²) in [5.74, 6) is 0.764. The van der Waals surface area contributed by atoms with Gasteiger partial charge < -0.3 is 4.18 Å². The highest BCUT2D eigenvalue weighted by Gasteiger charge is 2.23. The molecule has 1 heterocycles. The first-order valence-electron chi connectivity index (χ1n) is 5.76. The smallest absolute Gasteiger partial charge is 0.341 e. The van der Waals surface area contributed by atoms with Crippen molar-refractivity contribution in [1.82, 2.24) is 0 Å². The molecule has 0 spiro atoms. The van der Waals surface area contributed by atoms with Crippen LogP contribution in [-0.4, -0.2) is 25.9 Å². The fourth-order valence-corrected chi connectivity index (χ4v) is 3.95. The summed E-state index contributed by atoms with van der Waals surface area (Å²) in [6.45, 7) is 0.602. The maximum atomic E-state index is 12.3. The lowest BCUT2D eigenvalue weighted by Crippen LogP contribution is -2.10. The summed E-state index contributed by atoms with van der Waals surface area (Å²) in [4.78, 5) is 4.19. The van der Waals surface area contributed by atoms with Crippen LogP contribution in [0.3, 0.4) is 0 Å². The number of hydrogen-bond donors (Lipinski definition) is 0. The average Bonchev–Trinajstić information content (AvgIpc) is 2.90. The van der Waals surface area contributed by atoms with Crippen molar-refractivity contribution in [2.75, 3.05) is 12.3 Å². The summed E-state index contributed by atoms with van der Waals surface area (Å²) < 4.78 is 29.6. The molecule has 0 saturated heterocycles. The van der Waals surface area contributed by atoms with Crippen LogP contribution in [0, 0.1) is 0 Å². The van der Waals surface area contributed by atoms with E-state index in [9.17, 15) is 8.42 Å². The van der Waals surface area contributed by atoms with Crippen molar-refractivity contribution in [3.8, 4) is 0 Å². The Balaban J connectivity index is 2.08. The topological polar surface area (TPSA) is 55.7 Å². The van der Waals surface area contributed by atoms with E-state index in [1.165, 1.54) is 11.8 Å². The van der Waals surface area contributed by atoms with Gasteiger partial charge >= 0.3 is 10.1 Å². The first-order valence-corrected chi connectivity index (χ1v) is 8.16. The second kappa shape index (κ2) is 4.86. The number of rotatable bonds is 2. The largest absolute Gasteiger partial charge is 0.352 e. The van der Waals surface area contributed by atoms with Crippen LogP contribution in [0.5, 0.6) is 0 Å². The van der Waals surface area contributed by atoms with Crippen LogP contribution in [0.2, 0.25) is 0 Å². The van der Waals surface area contributed by atoms with E-state index in [0.717, 1.165) is 11.1 Å². The zero-order valence-electron chi connectivity index (χ0n) is 9.94. The van der Waals surface area contributed by atoms with Gasteiger partial charge in [0.15, 0.2) is 0 Å². The van der Waals surface area contributed by atoms with E-state index in [1.807, 2.05) is 24.3 Å². The van der Waals surface area contributed by atoms with E-state index in [2.05, 4.69) is 4.99 Å². The van der Waals surface area contributed by atoms with Crippen LogP contribution in [-0.2, 0) is 14.3 Å². The molecule has 0 N–H and O–H groups in total. The van der Waals surface area contributed by atoms with Gasteiger partial charge in [0.25, 0.3) is 5.23 Å². The minimum Gasteiger partial charge on any atom is -0.352 e. The van der Waals surface area contributed by atoms with Gasteiger partial charge in [-0.1, -0.05) is 48.2 Å². The Bertz CT molecular complexity index is 748. The van der Waals surface area contributed by atoms with Gasteiger partial charge in [0, 0.05) is 11.1 Å². The zero-order valence-corrected chi connectivity index (χ0v) is 11.6. The number of fused-ring (bicyclic) bond motifs is 1. The fourth-order valence-electron chi connectivity index (χ4n) is 1.92. The average molecular weight is 293 g/mol. The minimum atomic E-state index is -3.82. The van der Waals surface area contributed by atoms with Gasteiger partial charge in [-0.05, 0) is 11.5 Å². The highest BCUT2D eigenvalue weighted by Crippen LogP contribution is 2.26. The van der Waals surface area contributed by atoms with Gasteiger partial charge in [0.1, 0.15) is 4.90 Å². The maximum Gasteiger partial charge on any atom is 0.341 e. The van der Waals surface area contributed by atoms with Gasteiger partial charge in [-0.3, -0.25) is 0 Å². The Morgan fingerprint density at radius 1 is 1.11 bits per heavy atom. The first kappa shape index (κ1) is 12.5. The summed E-state index contributed by atoms with van der Waals surface area (Å²) in [6, 6.07) is 12.5. The summed E-state index contributed by atoms with van der Waals surface area (Å²) in [5.41, 5.74) is 0. The van der Waals surface area contributed by atoms with Gasteiger partial charge in [-0.15, -0.1) is 0 Å². The second-order valence-electron chi connectivity index (χ2n) is 4.01. The molecule has 0 fully saturated rings. The molecule has 19 heavy (non-hydrogen) atoms. The van der Waals surface area contributed by atoms with Gasteiger partial charge in [-0.25, -0.2) is 4.99 Å². The predicted octanol–water partition coefficient (Wildman–Crippen LogP) is 2.65. The van der Waals surface area contributed by atoms with E-state index in [-0.39, 0.29) is 10.1 Å². The molecule has 0 aliphatic carbocycles. The van der Waals surface area contributed by atoms with Crippen molar-refractivity contribution in [2.45, 2.75) is 4.90 Å². The standard InChI is InChI=1S/C13H11NO3S2/c15-19(16,17-13-14-8-9-18-13)12-7-3-5-10-4-1-2-6-11(10)12/h1-7H,8-9H2. The van der Waals surface area contributed by atoms with Crippen molar-refractivity contribution in [2.24, 2.45) is 4.99 Å². The fraction of sp³-hybridized carbons (Fsp3) is 0.154. The Labute approximate surface area is 115 Å². The summed E-state index contributed by atoms with van der Waals surface area (Å²) in [6.07, 6.45) is 0. The zero-order chi connectivity index (χ0) is 13.3. The lowest BCUT2D eigenvalue weighted by atomic mass is 10.1. The van der Waals surface area contributed by atoms with Crippen molar-refractivity contribution in [1.29, 1.82) is 0 Å². The SMILES string of the molecule is O=S(=O)(OC1=NCCS1)c1cccc2ccccc12. The third-order valence-electron chi connectivity index (χ3n) is 2.76. The predicted molar refractivity (Wildman–Crippen MR) is 77.0 cm³/mol. The van der Waals surface area contributed by atoms with E-state index >= 15 is 0 Å². The molecule has 3 rings (SSSR count). The molecule has 0 saturated carbocycles. The molecule has 1 aliphatic heterocycles. The lowest BCUT2D eigenvalue weighted by molar-refractivity contribution is 0.489. The van der Waals surface area contributed by atoms with Gasteiger partial charge in [0.2, 0.25) is 0 Å². The second-order valence-corrected chi connectivity index (χ2v) is 6.57. The highest BCUT2D eigenvalue weighted by molar-refractivity contribution is 8.14. The molecule has 0 radical (unpaired) electrons. The van der Waals surface area contributed by atoms with Gasteiger partial charge in [-0.2, -0.15) is 8.42 Å². The van der Waals surface area contributed by atoms with Crippen LogP contribution >= 0.6 is 11.8 Å². The van der Waals surface area contributed by atoms with E-state index < -0.39 is 10.1 Å². The molecule has 98 valence electrons. The van der Waals surface area contributed by atoms with Crippen LogP contribution in [0.4, 0.5) is 0 Å². The Hall–Kier alpha value is -1.53.